The molecule has 0 bridgehead atoms. The summed E-state index contributed by atoms with van der Waals surface area (Å²) in [5.74, 6) is 0. The highest BCUT2D eigenvalue weighted by Crippen LogP contribution is 2.18. The molecule has 6 heteroatoms. The standard InChI is InChI=1S/C12H20N4OS/c1-5-9-10-11(15(4)14-9)16(12(18)13-10)7-8(3)17-6-2/h8H,5-7H2,1-4H3,(H,13,18). The Kier molecular flexibility index (Phi) is 3.87. The molecule has 2 aromatic rings. The Morgan fingerprint density at radius 1 is 1.44 bits per heavy atom. The molecule has 0 aliphatic rings. The van der Waals surface area contributed by atoms with Gasteiger partial charge in [0.1, 0.15) is 5.52 Å². The fourth-order valence-electron chi connectivity index (χ4n) is 2.29. The fraction of sp³-hybridized carbons (Fsp3) is 0.667. The van der Waals surface area contributed by atoms with Crippen molar-refractivity contribution in [2.45, 2.75) is 39.8 Å². The minimum atomic E-state index is 0.140. The van der Waals surface area contributed by atoms with Gasteiger partial charge in [-0.1, -0.05) is 6.92 Å². The van der Waals surface area contributed by atoms with Crippen molar-refractivity contribution in [1.82, 2.24) is 19.3 Å². The van der Waals surface area contributed by atoms with Crippen molar-refractivity contribution in [3.05, 3.63) is 10.5 Å². The van der Waals surface area contributed by atoms with Gasteiger partial charge in [-0.3, -0.25) is 9.25 Å². The van der Waals surface area contributed by atoms with Crippen LogP contribution in [0.15, 0.2) is 0 Å². The average Bonchev–Trinajstić information content (AvgIpc) is 2.79. The number of aromatic nitrogens is 4. The molecule has 1 atom stereocenters. The van der Waals surface area contributed by atoms with E-state index in [-0.39, 0.29) is 6.10 Å². The molecule has 0 saturated carbocycles. The number of rotatable bonds is 5. The molecule has 0 aromatic carbocycles. The van der Waals surface area contributed by atoms with Crippen molar-refractivity contribution in [2.75, 3.05) is 6.61 Å². The zero-order chi connectivity index (χ0) is 13.3. The minimum Gasteiger partial charge on any atom is -0.377 e. The van der Waals surface area contributed by atoms with Crippen LogP contribution in [0, 0.1) is 4.77 Å². The van der Waals surface area contributed by atoms with E-state index in [9.17, 15) is 0 Å². The molecule has 5 nitrogen and oxygen atoms in total. The number of imidazole rings is 1. The van der Waals surface area contributed by atoms with Crippen LogP contribution in [0.4, 0.5) is 0 Å². The molecule has 0 fully saturated rings. The summed E-state index contributed by atoms with van der Waals surface area (Å²) >= 11 is 5.39. The van der Waals surface area contributed by atoms with E-state index in [0.717, 1.165) is 34.6 Å². The molecule has 1 unspecified atom stereocenters. The molecule has 2 heterocycles. The molecule has 1 N–H and O–H groups in total. The van der Waals surface area contributed by atoms with Crippen LogP contribution in [0.3, 0.4) is 0 Å². The number of hydrogen-bond acceptors (Lipinski definition) is 3. The van der Waals surface area contributed by atoms with Crippen LogP contribution in [-0.4, -0.2) is 32.0 Å². The van der Waals surface area contributed by atoms with Gasteiger partial charge < -0.3 is 9.72 Å². The smallest absolute Gasteiger partial charge is 0.179 e. The molecule has 0 aliphatic heterocycles. The topological polar surface area (TPSA) is 47.8 Å². The highest BCUT2D eigenvalue weighted by molar-refractivity contribution is 7.71. The van der Waals surface area contributed by atoms with Crippen LogP contribution >= 0.6 is 12.2 Å². The van der Waals surface area contributed by atoms with Gasteiger partial charge in [0, 0.05) is 13.7 Å². The molecule has 0 saturated heterocycles. The van der Waals surface area contributed by atoms with Crippen molar-refractivity contribution >= 4 is 23.4 Å². The summed E-state index contributed by atoms with van der Waals surface area (Å²) in [6.07, 6.45) is 1.04. The first kappa shape index (κ1) is 13.3. The maximum Gasteiger partial charge on any atom is 0.179 e. The van der Waals surface area contributed by atoms with Crippen LogP contribution in [-0.2, 0) is 24.8 Å². The second-order valence-corrected chi connectivity index (χ2v) is 4.82. The second-order valence-electron chi connectivity index (χ2n) is 4.43. The van der Waals surface area contributed by atoms with E-state index in [0.29, 0.717) is 6.61 Å². The first-order valence-electron chi connectivity index (χ1n) is 6.34. The Morgan fingerprint density at radius 2 is 2.17 bits per heavy atom. The molecular formula is C12H20N4OS. The van der Waals surface area contributed by atoms with Crippen molar-refractivity contribution < 1.29 is 4.74 Å². The van der Waals surface area contributed by atoms with Crippen molar-refractivity contribution in [1.29, 1.82) is 0 Å². The maximum atomic E-state index is 5.58. The van der Waals surface area contributed by atoms with Gasteiger partial charge in [-0.05, 0) is 32.5 Å². The van der Waals surface area contributed by atoms with E-state index < -0.39 is 0 Å². The molecule has 0 amide bonds. The van der Waals surface area contributed by atoms with E-state index in [1.165, 1.54) is 0 Å². The SMILES string of the molecule is CCOC(C)Cn1c(=S)[nH]c2c(CC)nn(C)c21. The lowest BCUT2D eigenvalue weighted by atomic mass is 10.3. The van der Waals surface area contributed by atoms with E-state index in [2.05, 4.69) is 28.5 Å². The molecule has 0 aliphatic carbocycles. The predicted molar refractivity (Wildman–Crippen MR) is 74.4 cm³/mol. The highest BCUT2D eigenvalue weighted by Gasteiger charge is 2.15. The molecule has 2 aromatic heterocycles. The number of fused-ring (bicyclic) bond motifs is 1. The van der Waals surface area contributed by atoms with Crippen molar-refractivity contribution in [3.63, 3.8) is 0 Å². The van der Waals surface area contributed by atoms with Crippen molar-refractivity contribution in [3.8, 4) is 0 Å². The highest BCUT2D eigenvalue weighted by atomic mass is 32.1. The number of aromatic amines is 1. The van der Waals surface area contributed by atoms with Gasteiger partial charge in [0.15, 0.2) is 10.4 Å². The van der Waals surface area contributed by atoms with Gasteiger partial charge in [0.2, 0.25) is 0 Å². The number of ether oxygens (including phenoxy) is 1. The van der Waals surface area contributed by atoms with E-state index in [4.69, 9.17) is 17.0 Å². The second kappa shape index (κ2) is 5.24. The average molecular weight is 268 g/mol. The predicted octanol–water partition coefficient (Wildman–Crippen LogP) is 2.42. The molecule has 0 spiro atoms. The number of H-pyrrole nitrogens is 1. The number of aryl methyl sites for hydroxylation is 2. The van der Waals surface area contributed by atoms with Gasteiger partial charge in [0.05, 0.1) is 18.3 Å². The van der Waals surface area contributed by atoms with Crippen LogP contribution in [0.5, 0.6) is 0 Å². The largest absolute Gasteiger partial charge is 0.377 e. The summed E-state index contributed by atoms with van der Waals surface area (Å²) in [6.45, 7) is 7.62. The summed E-state index contributed by atoms with van der Waals surface area (Å²) in [5, 5.41) is 4.50. The lowest BCUT2D eigenvalue weighted by Crippen LogP contribution is -2.17. The molecule has 0 radical (unpaired) electrons. The first-order valence-corrected chi connectivity index (χ1v) is 6.75. The van der Waals surface area contributed by atoms with Gasteiger partial charge in [-0.25, -0.2) is 0 Å². The normalized spacial score (nSPS) is 13.3. The Balaban J connectivity index is 2.47. The fourth-order valence-corrected chi connectivity index (χ4v) is 2.55. The van der Waals surface area contributed by atoms with E-state index >= 15 is 0 Å². The van der Waals surface area contributed by atoms with Crippen LogP contribution in [0.2, 0.25) is 0 Å². The van der Waals surface area contributed by atoms with Crippen LogP contribution < -0.4 is 0 Å². The van der Waals surface area contributed by atoms with Crippen LogP contribution in [0.25, 0.3) is 11.2 Å². The third kappa shape index (κ3) is 2.22. The molecule has 18 heavy (non-hydrogen) atoms. The Labute approximate surface area is 112 Å². The zero-order valence-electron chi connectivity index (χ0n) is 11.4. The first-order chi connectivity index (χ1) is 8.58. The minimum absolute atomic E-state index is 0.140. The van der Waals surface area contributed by atoms with E-state index in [1.807, 2.05) is 18.7 Å². The number of nitrogens with one attached hydrogen (secondary N) is 1. The number of nitrogens with zero attached hydrogens (tertiary/aromatic N) is 3. The Hall–Kier alpha value is -1.14. The molecule has 2 rings (SSSR count). The monoisotopic (exact) mass is 268 g/mol. The third-order valence-electron chi connectivity index (χ3n) is 3.05. The summed E-state index contributed by atoms with van der Waals surface area (Å²) in [5.41, 5.74) is 3.15. The molecule has 100 valence electrons. The van der Waals surface area contributed by atoms with E-state index in [1.54, 1.807) is 0 Å². The van der Waals surface area contributed by atoms with Gasteiger partial charge in [-0.2, -0.15) is 5.10 Å². The van der Waals surface area contributed by atoms with Crippen molar-refractivity contribution in [2.24, 2.45) is 7.05 Å². The zero-order valence-corrected chi connectivity index (χ0v) is 12.2. The Morgan fingerprint density at radius 3 is 2.78 bits per heavy atom. The van der Waals surface area contributed by atoms with Crippen LogP contribution in [0.1, 0.15) is 26.5 Å². The Bertz CT molecular complexity index is 595. The number of hydrogen-bond donors (Lipinski definition) is 1. The van der Waals surface area contributed by atoms with Gasteiger partial charge in [-0.15, -0.1) is 0 Å². The summed E-state index contributed by atoms with van der Waals surface area (Å²) in [7, 11) is 1.95. The third-order valence-corrected chi connectivity index (χ3v) is 3.37. The maximum absolute atomic E-state index is 5.58. The lowest BCUT2D eigenvalue weighted by Gasteiger charge is -2.12. The summed E-state index contributed by atoms with van der Waals surface area (Å²) < 4.78 is 10.3. The summed E-state index contributed by atoms with van der Waals surface area (Å²) in [6, 6.07) is 0. The van der Waals surface area contributed by atoms with Gasteiger partial charge >= 0.3 is 0 Å². The molecular weight excluding hydrogens is 248 g/mol. The quantitative estimate of drug-likeness (QED) is 0.847. The lowest BCUT2D eigenvalue weighted by molar-refractivity contribution is 0.0643. The van der Waals surface area contributed by atoms with Gasteiger partial charge in [0.25, 0.3) is 0 Å². The summed E-state index contributed by atoms with van der Waals surface area (Å²) in [4.78, 5) is 3.25.